The van der Waals surface area contributed by atoms with Gasteiger partial charge in [-0.25, -0.2) is 4.79 Å². The normalized spacial score (nSPS) is 29.2. The van der Waals surface area contributed by atoms with Gasteiger partial charge < -0.3 is 5.11 Å². The van der Waals surface area contributed by atoms with E-state index in [1.54, 1.807) is 0 Å². The quantitative estimate of drug-likeness (QED) is 0.604. The molecule has 0 spiro atoms. The minimum Gasteiger partial charge on any atom is -0.478 e. The van der Waals surface area contributed by atoms with E-state index in [-0.39, 0.29) is 5.41 Å². The molecule has 2 aliphatic rings. The number of carboxylic acids is 1. The second kappa shape index (κ2) is 4.42. The summed E-state index contributed by atoms with van der Waals surface area (Å²) in [6.07, 6.45) is 7.23. The van der Waals surface area contributed by atoms with E-state index in [4.69, 9.17) is 0 Å². The van der Waals surface area contributed by atoms with E-state index in [0.29, 0.717) is 17.4 Å². The van der Waals surface area contributed by atoms with Gasteiger partial charge in [-0.05, 0) is 30.6 Å². The van der Waals surface area contributed by atoms with Crippen molar-refractivity contribution in [3.63, 3.8) is 0 Å². The number of carbonyl (C=O) groups is 1. The lowest BCUT2D eigenvalue weighted by Gasteiger charge is -2.38. The van der Waals surface area contributed by atoms with Gasteiger partial charge in [0.25, 0.3) is 0 Å². The van der Waals surface area contributed by atoms with E-state index in [1.807, 2.05) is 26.8 Å². The average molecular weight is 246 g/mol. The Balaban J connectivity index is 2.30. The lowest BCUT2D eigenvalue weighted by Crippen LogP contribution is -2.31. The van der Waals surface area contributed by atoms with Gasteiger partial charge in [0.1, 0.15) is 0 Å². The van der Waals surface area contributed by atoms with E-state index in [2.05, 4.69) is 12.7 Å². The first-order valence-electron chi connectivity index (χ1n) is 6.62. The minimum atomic E-state index is -0.749. The van der Waals surface area contributed by atoms with E-state index < -0.39 is 5.97 Å². The highest BCUT2D eigenvalue weighted by molar-refractivity contribution is 5.89. The van der Waals surface area contributed by atoms with Crippen molar-refractivity contribution in [3.8, 4) is 0 Å². The smallest absolute Gasteiger partial charge is 0.332 e. The molecule has 1 fully saturated rings. The van der Waals surface area contributed by atoms with Gasteiger partial charge in [-0.1, -0.05) is 44.1 Å². The topological polar surface area (TPSA) is 37.3 Å². The van der Waals surface area contributed by atoms with Gasteiger partial charge in [-0.3, -0.25) is 0 Å². The van der Waals surface area contributed by atoms with Crippen LogP contribution in [0.3, 0.4) is 0 Å². The Morgan fingerprint density at radius 3 is 2.67 bits per heavy atom. The molecule has 0 radical (unpaired) electrons. The molecule has 0 aromatic heterocycles. The number of hydrogen-bond donors (Lipinski definition) is 1. The predicted octanol–water partition coefficient (Wildman–Crippen LogP) is 3.96. The minimum absolute atomic E-state index is 0.277. The van der Waals surface area contributed by atoms with Gasteiger partial charge in [0.2, 0.25) is 0 Å². The average Bonchev–Trinajstić information content (AvgIpc) is 2.50. The lowest BCUT2D eigenvalue weighted by atomic mass is 9.65. The summed E-state index contributed by atoms with van der Waals surface area (Å²) in [7, 11) is 0. The van der Waals surface area contributed by atoms with E-state index in [1.165, 1.54) is 5.57 Å². The Labute approximate surface area is 109 Å². The second-order valence-electron chi connectivity index (χ2n) is 6.47. The summed E-state index contributed by atoms with van der Waals surface area (Å²) < 4.78 is 0. The molecular formula is C16H22O2. The van der Waals surface area contributed by atoms with Crippen molar-refractivity contribution in [1.29, 1.82) is 0 Å². The SMILES string of the molecule is C=CCC1=C[C@@H]2C(=C(C(=O)O)C(C)(C)C)C[C@@H]2C1. The standard InChI is InChI=1S/C16H22O2/c1-5-6-10-7-11-9-13(12(11)8-10)14(15(17)18)16(2,3)4/h5,8,11-12H,1,6-7,9H2,2-4H3,(H,17,18)/t11-,12-/m0/s1. The second-order valence-corrected chi connectivity index (χ2v) is 6.47. The molecule has 0 saturated heterocycles. The summed E-state index contributed by atoms with van der Waals surface area (Å²) in [4.78, 5) is 11.5. The number of fused-ring (bicyclic) bond motifs is 1. The Bertz CT molecular complexity index is 446. The molecule has 2 nitrogen and oxygen atoms in total. The van der Waals surface area contributed by atoms with Gasteiger partial charge in [0, 0.05) is 11.5 Å². The summed E-state index contributed by atoms with van der Waals surface area (Å²) in [6, 6.07) is 0. The van der Waals surface area contributed by atoms with E-state index in [0.717, 1.165) is 24.8 Å². The molecule has 0 aromatic rings. The molecule has 2 aliphatic carbocycles. The first-order chi connectivity index (χ1) is 8.34. The monoisotopic (exact) mass is 246 g/mol. The van der Waals surface area contributed by atoms with Crippen molar-refractivity contribution in [2.45, 2.75) is 40.0 Å². The van der Waals surface area contributed by atoms with E-state index in [9.17, 15) is 9.90 Å². The Morgan fingerprint density at radius 1 is 1.50 bits per heavy atom. The van der Waals surface area contributed by atoms with Crippen molar-refractivity contribution in [3.05, 3.63) is 35.5 Å². The predicted molar refractivity (Wildman–Crippen MR) is 73.2 cm³/mol. The molecule has 2 heteroatoms. The molecule has 0 amide bonds. The maximum atomic E-state index is 11.5. The summed E-state index contributed by atoms with van der Waals surface area (Å²) in [5.41, 5.74) is 2.92. The Kier molecular flexibility index (Phi) is 3.22. The van der Waals surface area contributed by atoms with Crippen LogP contribution < -0.4 is 0 Å². The van der Waals surface area contributed by atoms with Crippen LogP contribution in [0.5, 0.6) is 0 Å². The molecule has 0 heterocycles. The number of rotatable bonds is 3. The van der Waals surface area contributed by atoms with Crippen LogP contribution in [-0.4, -0.2) is 11.1 Å². The van der Waals surface area contributed by atoms with Gasteiger partial charge in [0.05, 0.1) is 0 Å². The molecule has 0 unspecified atom stereocenters. The molecule has 0 bridgehead atoms. The third-order valence-corrected chi connectivity index (χ3v) is 4.02. The van der Waals surface area contributed by atoms with Crippen LogP contribution in [-0.2, 0) is 4.79 Å². The van der Waals surface area contributed by atoms with E-state index >= 15 is 0 Å². The first-order valence-corrected chi connectivity index (χ1v) is 6.62. The van der Waals surface area contributed by atoms with Crippen molar-refractivity contribution in [2.75, 3.05) is 0 Å². The molecular weight excluding hydrogens is 224 g/mol. The van der Waals surface area contributed by atoms with Crippen LogP contribution in [0.2, 0.25) is 0 Å². The highest BCUT2D eigenvalue weighted by Gasteiger charge is 2.43. The largest absolute Gasteiger partial charge is 0.478 e. The molecule has 0 aromatic carbocycles. The fourth-order valence-electron chi connectivity index (χ4n) is 3.31. The zero-order valence-corrected chi connectivity index (χ0v) is 11.5. The van der Waals surface area contributed by atoms with Crippen LogP contribution in [0.1, 0.15) is 40.0 Å². The van der Waals surface area contributed by atoms with Crippen LogP contribution in [0.4, 0.5) is 0 Å². The number of allylic oxidation sites excluding steroid dienone is 4. The van der Waals surface area contributed by atoms with Crippen LogP contribution in [0.25, 0.3) is 0 Å². The first kappa shape index (κ1) is 13.1. The van der Waals surface area contributed by atoms with Crippen LogP contribution >= 0.6 is 0 Å². The molecule has 98 valence electrons. The van der Waals surface area contributed by atoms with Gasteiger partial charge in [-0.15, -0.1) is 6.58 Å². The molecule has 1 N–H and O–H groups in total. The van der Waals surface area contributed by atoms with Gasteiger partial charge >= 0.3 is 5.97 Å². The van der Waals surface area contributed by atoms with Crippen molar-refractivity contribution < 1.29 is 9.90 Å². The van der Waals surface area contributed by atoms with Crippen LogP contribution in [0, 0.1) is 17.3 Å². The highest BCUT2D eigenvalue weighted by atomic mass is 16.4. The molecule has 0 aliphatic heterocycles. The number of aliphatic carboxylic acids is 1. The number of hydrogen-bond acceptors (Lipinski definition) is 1. The van der Waals surface area contributed by atoms with Gasteiger partial charge in [0.15, 0.2) is 0 Å². The van der Waals surface area contributed by atoms with Crippen molar-refractivity contribution in [1.82, 2.24) is 0 Å². The van der Waals surface area contributed by atoms with Crippen LogP contribution in [0.15, 0.2) is 35.5 Å². The molecule has 1 saturated carbocycles. The van der Waals surface area contributed by atoms with Gasteiger partial charge in [-0.2, -0.15) is 0 Å². The fraction of sp³-hybridized carbons (Fsp3) is 0.562. The van der Waals surface area contributed by atoms with Crippen molar-refractivity contribution >= 4 is 5.97 Å². The zero-order chi connectivity index (χ0) is 13.5. The third-order valence-electron chi connectivity index (χ3n) is 4.02. The Morgan fingerprint density at radius 2 is 2.17 bits per heavy atom. The lowest BCUT2D eigenvalue weighted by molar-refractivity contribution is -0.133. The fourth-order valence-corrected chi connectivity index (χ4v) is 3.31. The van der Waals surface area contributed by atoms with Crippen molar-refractivity contribution in [2.24, 2.45) is 17.3 Å². The summed E-state index contributed by atoms with van der Waals surface area (Å²) >= 11 is 0. The zero-order valence-electron chi connectivity index (χ0n) is 11.5. The summed E-state index contributed by atoms with van der Waals surface area (Å²) in [6.45, 7) is 9.73. The molecule has 18 heavy (non-hydrogen) atoms. The molecule has 2 atom stereocenters. The summed E-state index contributed by atoms with van der Waals surface area (Å²) in [5, 5.41) is 9.44. The third kappa shape index (κ3) is 2.16. The number of carboxylic acid groups (broad SMARTS) is 1. The maximum absolute atomic E-state index is 11.5. The summed E-state index contributed by atoms with van der Waals surface area (Å²) in [5.74, 6) is 0.276. The highest BCUT2D eigenvalue weighted by Crippen LogP contribution is 2.53. The molecule has 2 rings (SSSR count). The maximum Gasteiger partial charge on any atom is 0.332 e. The Hall–Kier alpha value is -1.31.